The van der Waals surface area contributed by atoms with Gasteiger partial charge >= 0.3 is 6.09 Å². The fourth-order valence-corrected chi connectivity index (χ4v) is 4.32. The van der Waals surface area contributed by atoms with Crippen LogP contribution in [0.4, 0.5) is 9.80 Å². The summed E-state index contributed by atoms with van der Waals surface area (Å²) in [4.78, 5) is 37.2. The normalized spacial score (nSPS) is 10.4. The maximum atomic E-state index is 12.4. The number of amides is 3. The molecule has 3 aromatic rings. The van der Waals surface area contributed by atoms with Crippen molar-refractivity contribution in [2.45, 2.75) is 26.4 Å². The van der Waals surface area contributed by atoms with Crippen LogP contribution in [0.2, 0.25) is 0 Å². The number of anilines is 1. The quantitative estimate of drug-likeness (QED) is 0.417. The number of hydrogen-bond donors (Lipinski definition) is 3. The molecule has 0 atom stereocenters. The lowest BCUT2D eigenvalue weighted by Crippen LogP contribution is -2.26. The minimum absolute atomic E-state index is 0.175. The van der Waals surface area contributed by atoms with Gasteiger partial charge in [0.05, 0.1) is 5.56 Å². The second kappa shape index (κ2) is 11.1. The molecule has 7 nitrogen and oxygen atoms in total. The van der Waals surface area contributed by atoms with Crippen LogP contribution in [-0.2, 0) is 16.1 Å². The summed E-state index contributed by atoms with van der Waals surface area (Å²) in [6.45, 7) is 2.37. The number of carbonyl (C=O) groups is 3. The number of benzene rings is 2. The second-order valence-electron chi connectivity index (χ2n) is 7.11. The molecule has 1 aromatic heterocycles. The molecule has 0 bridgehead atoms. The first-order valence-electron chi connectivity index (χ1n) is 10.2. The van der Waals surface area contributed by atoms with Crippen molar-refractivity contribution in [3.8, 4) is 11.1 Å². The highest BCUT2D eigenvalue weighted by Gasteiger charge is 2.22. The SMILES string of the molecule is Cc1sc(NC(=O)CCCNC(=O)OCc2ccccc2)c(C(N)=O)c1-c1ccccc1. The van der Waals surface area contributed by atoms with Gasteiger partial charge in [-0.25, -0.2) is 4.79 Å². The van der Waals surface area contributed by atoms with Crippen molar-refractivity contribution in [1.29, 1.82) is 0 Å². The highest BCUT2D eigenvalue weighted by molar-refractivity contribution is 7.17. The van der Waals surface area contributed by atoms with Crippen molar-refractivity contribution >= 4 is 34.2 Å². The number of thiophene rings is 1. The Labute approximate surface area is 190 Å². The minimum atomic E-state index is -0.591. The molecule has 4 N–H and O–H groups in total. The van der Waals surface area contributed by atoms with E-state index in [0.29, 0.717) is 23.5 Å². The summed E-state index contributed by atoms with van der Waals surface area (Å²) >= 11 is 1.32. The number of alkyl carbamates (subject to hydrolysis) is 1. The van der Waals surface area contributed by atoms with Gasteiger partial charge in [0.1, 0.15) is 11.6 Å². The van der Waals surface area contributed by atoms with Gasteiger partial charge in [0, 0.05) is 23.4 Å². The number of carbonyl (C=O) groups excluding carboxylic acids is 3. The van der Waals surface area contributed by atoms with E-state index in [0.717, 1.165) is 21.6 Å². The predicted octanol–water partition coefficient (Wildman–Crippen LogP) is 4.47. The zero-order valence-corrected chi connectivity index (χ0v) is 18.5. The molecule has 0 spiro atoms. The Bertz CT molecular complexity index is 1080. The second-order valence-corrected chi connectivity index (χ2v) is 8.33. The van der Waals surface area contributed by atoms with Crippen LogP contribution < -0.4 is 16.4 Å². The maximum absolute atomic E-state index is 12.4. The Morgan fingerprint density at radius 1 is 1.00 bits per heavy atom. The number of nitrogens with two attached hydrogens (primary N) is 1. The molecular weight excluding hydrogens is 426 g/mol. The number of primary amides is 1. The topological polar surface area (TPSA) is 111 Å². The number of rotatable bonds is 9. The summed E-state index contributed by atoms with van der Waals surface area (Å²) in [5, 5.41) is 5.86. The van der Waals surface area contributed by atoms with E-state index in [4.69, 9.17) is 10.5 Å². The van der Waals surface area contributed by atoms with Crippen LogP contribution in [0.25, 0.3) is 11.1 Å². The van der Waals surface area contributed by atoms with Crippen LogP contribution in [0.5, 0.6) is 0 Å². The van der Waals surface area contributed by atoms with E-state index in [-0.39, 0.29) is 18.9 Å². The fraction of sp³-hybridized carbons (Fsp3) is 0.208. The Balaban J connectivity index is 1.50. The summed E-state index contributed by atoms with van der Waals surface area (Å²) in [5.41, 5.74) is 8.44. The molecule has 0 aliphatic carbocycles. The van der Waals surface area contributed by atoms with E-state index in [9.17, 15) is 14.4 Å². The summed E-state index contributed by atoms with van der Waals surface area (Å²) in [6.07, 6.45) is 0.0646. The molecule has 3 amide bonds. The zero-order chi connectivity index (χ0) is 22.9. The fourth-order valence-electron chi connectivity index (χ4n) is 3.22. The first kappa shape index (κ1) is 23.0. The van der Waals surface area contributed by atoms with Crippen molar-refractivity contribution in [1.82, 2.24) is 5.32 Å². The molecule has 2 aromatic carbocycles. The van der Waals surface area contributed by atoms with Crippen molar-refractivity contribution < 1.29 is 19.1 Å². The minimum Gasteiger partial charge on any atom is -0.445 e. The number of ether oxygens (including phenoxy) is 1. The van der Waals surface area contributed by atoms with Gasteiger partial charge in [0.2, 0.25) is 5.91 Å². The van der Waals surface area contributed by atoms with E-state index in [1.165, 1.54) is 11.3 Å². The van der Waals surface area contributed by atoms with Crippen LogP contribution in [-0.4, -0.2) is 24.5 Å². The lowest BCUT2D eigenvalue weighted by Gasteiger charge is -2.08. The molecule has 32 heavy (non-hydrogen) atoms. The van der Waals surface area contributed by atoms with E-state index in [2.05, 4.69) is 10.6 Å². The number of hydrogen-bond acceptors (Lipinski definition) is 5. The van der Waals surface area contributed by atoms with Gasteiger partial charge in [-0.15, -0.1) is 11.3 Å². The lowest BCUT2D eigenvalue weighted by molar-refractivity contribution is -0.116. The van der Waals surface area contributed by atoms with Crippen LogP contribution >= 0.6 is 11.3 Å². The molecule has 0 saturated carbocycles. The molecule has 166 valence electrons. The molecular formula is C24H25N3O4S. The molecule has 0 saturated heterocycles. The Morgan fingerprint density at radius 3 is 2.31 bits per heavy atom. The van der Waals surface area contributed by atoms with Crippen molar-refractivity contribution in [2.24, 2.45) is 5.73 Å². The summed E-state index contributed by atoms with van der Waals surface area (Å²) in [6, 6.07) is 18.8. The third-order valence-corrected chi connectivity index (χ3v) is 5.73. The van der Waals surface area contributed by atoms with E-state index in [1.54, 1.807) is 0 Å². The zero-order valence-electron chi connectivity index (χ0n) is 17.7. The van der Waals surface area contributed by atoms with Crippen LogP contribution in [0.3, 0.4) is 0 Å². The highest BCUT2D eigenvalue weighted by atomic mass is 32.1. The van der Waals surface area contributed by atoms with Gasteiger partial charge in [-0.1, -0.05) is 60.7 Å². The van der Waals surface area contributed by atoms with E-state index >= 15 is 0 Å². The third kappa shape index (κ3) is 6.18. The smallest absolute Gasteiger partial charge is 0.407 e. The van der Waals surface area contributed by atoms with Crippen molar-refractivity contribution in [2.75, 3.05) is 11.9 Å². The van der Waals surface area contributed by atoms with Crippen LogP contribution in [0, 0.1) is 6.92 Å². The molecule has 1 heterocycles. The average Bonchev–Trinajstić information content (AvgIpc) is 3.12. The first-order valence-corrected chi connectivity index (χ1v) is 11.0. The van der Waals surface area contributed by atoms with Crippen LogP contribution in [0.1, 0.15) is 33.6 Å². The van der Waals surface area contributed by atoms with E-state index in [1.807, 2.05) is 67.6 Å². The van der Waals surface area contributed by atoms with Gasteiger partial charge in [-0.05, 0) is 24.5 Å². The largest absolute Gasteiger partial charge is 0.445 e. The number of aryl methyl sites for hydroxylation is 1. The summed E-state index contributed by atoms with van der Waals surface area (Å²) in [5.74, 6) is -0.848. The third-order valence-electron chi connectivity index (χ3n) is 4.71. The highest BCUT2D eigenvalue weighted by Crippen LogP contribution is 2.39. The average molecular weight is 452 g/mol. The molecule has 0 radical (unpaired) electrons. The summed E-state index contributed by atoms with van der Waals surface area (Å²) in [7, 11) is 0. The molecule has 0 aliphatic rings. The predicted molar refractivity (Wildman–Crippen MR) is 126 cm³/mol. The molecule has 0 unspecified atom stereocenters. The van der Waals surface area contributed by atoms with Gasteiger partial charge in [0.25, 0.3) is 5.91 Å². The van der Waals surface area contributed by atoms with Crippen molar-refractivity contribution in [3.63, 3.8) is 0 Å². The van der Waals surface area contributed by atoms with Crippen molar-refractivity contribution in [3.05, 3.63) is 76.7 Å². The summed E-state index contributed by atoms with van der Waals surface area (Å²) < 4.78 is 5.13. The molecule has 8 heteroatoms. The Hall–Kier alpha value is -3.65. The number of nitrogens with one attached hydrogen (secondary N) is 2. The van der Waals surface area contributed by atoms with Crippen LogP contribution in [0.15, 0.2) is 60.7 Å². The Kier molecular flexibility index (Phi) is 7.99. The first-order chi connectivity index (χ1) is 15.5. The molecule has 0 fully saturated rings. The van der Waals surface area contributed by atoms with Gasteiger partial charge < -0.3 is 21.1 Å². The van der Waals surface area contributed by atoms with Gasteiger partial charge in [-0.2, -0.15) is 0 Å². The van der Waals surface area contributed by atoms with Gasteiger partial charge in [-0.3, -0.25) is 9.59 Å². The molecule has 0 aliphatic heterocycles. The van der Waals surface area contributed by atoms with Gasteiger partial charge in [0.15, 0.2) is 0 Å². The monoisotopic (exact) mass is 451 g/mol. The lowest BCUT2D eigenvalue weighted by atomic mass is 10.0. The molecule has 3 rings (SSSR count). The standard InChI is InChI=1S/C24H25N3O4S/c1-16-20(18-11-6-3-7-12-18)21(22(25)29)23(32-16)27-19(28)13-8-14-26-24(30)31-15-17-9-4-2-5-10-17/h2-7,9-12H,8,13-15H2,1H3,(H2,25,29)(H,26,30)(H,27,28). The van der Waals surface area contributed by atoms with E-state index < -0.39 is 12.0 Å². The maximum Gasteiger partial charge on any atom is 0.407 e. The Morgan fingerprint density at radius 2 is 1.66 bits per heavy atom.